The second kappa shape index (κ2) is 7.16. The normalized spacial score (nSPS) is 15.2. The molecule has 5 rings (SSSR count). The van der Waals surface area contributed by atoms with E-state index in [1.807, 2.05) is 46.3 Å². The molecule has 3 aromatic heterocycles. The molecule has 0 unspecified atom stereocenters. The number of nitrogens with one attached hydrogen (secondary N) is 1. The van der Waals surface area contributed by atoms with E-state index in [1.54, 1.807) is 11.3 Å². The van der Waals surface area contributed by atoms with Crippen LogP contribution in [-0.2, 0) is 4.79 Å². The van der Waals surface area contributed by atoms with Gasteiger partial charge in [-0.15, -0.1) is 22.7 Å². The van der Waals surface area contributed by atoms with Crippen LogP contribution < -0.4 is 16.0 Å². The van der Waals surface area contributed by atoms with E-state index in [2.05, 4.69) is 15.2 Å². The van der Waals surface area contributed by atoms with E-state index in [9.17, 15) is 9.59 Å². The zero-order chi connectivity index (χ0) is 20.0. The first-order chi connectivity index (χ1) is 14.1. The molecule has 4 heterocycles. The van der Waals surface area contributed by atoms with Crippen LogP contribution in [0.4, 0.5) is 11.4 Å². The number of hydrogen-bond acceptors (Lipinski definition) is 6. The summed E-state index contributed by atoms with van der Waals surface area (Å²) in [7, 11) is 0. The Bertz CT molecular complexity index is 1220. The van der Waals surface area contributed by atoms with Gasteiger partial charge in [0.15, 0.2) is 4.96 Å². The highest BCUT2D eigenvalue weighted by Crippen LogP contribution is 2.32. The molecule has 3 N–H and O–H groups in total. The summed E-state index contributed by atoms with van der Waals surface area (Å²) in [5.74, 6) is -0.435. The smallest absolute Gasteiger partial charge is 0.265 e. The lowest BCUT2D eigenvalue weighted by Crippen LogP contribution is -2.38. The fraction of sp³-hybridized carbons (Fsp3) is 0.250. The summed E-state index contributed by atoms with van der Waals surface area (Å²) in [5, 5.41) is 5.04. The Kier molecular flexibility index (Phi) is 4.48. The number of rotatable bonds is 4. The lowest BCUT2D eigenvalue weighted by Gasteiger charge is -2.33. The SMILES string of the molecule is NC(=O)C1CCN(c2ccccc2NC(=O)c2cc3c(nc4sccn43)s2)CC1. The molecule has 0 bridgehead atoms. The van der Waals surface area contributed by atoms with Crippen molar-refractivity contribution in [1.82, 2.24) is 9.38 Å². The predicted octanol–water partition coefficient (Wildman–Crippen LogP) is 3.56. The summed E-state index contributed by atoms with van der Waals surface area (Å²) in [5.41, 5.74) is 8.13. The molecule has 0 saturated carbocycles. The molecule has 0 spiro atoms. The van der Waals surface area contributed by atoms with Gasteiger partial charge in [0, 0.05) is 30.6 Å². The van der Waals surface area contributed by atoms with Crippen LogP contribution in [0.2, 0.25) is 0 Å². The largest absolute Gasteiger partial charge is 0.370 e. The van der Waals surface area contributed by atoms with Crippen LogP contribution in [0, 0.1) is 5.92 Å². The standard InChI is InChI=1S/C20H19N5O2S2/c21-17(26)12-5-7-24(8-6-12)14-4-2-1-3-13(14)22-18(27)16-11-15-19(29-16)23-20-25(15)9-10-28-20/h1-4,9-12H,5-8H2,(H2,21,26)(H,22,27). The second-order valence-electron chi connectivity index (χ2n) is 7.10. The van der Waals surface area contributed by atoms with Crippen molar-refractivity contribution < 1.29 is 9.59 Å². The minimum atomic E-state index is -0.228. The quantitative estimate of drug-likeness (QED) is 0.523. The fourth-order valence-electron chi connectivity index (χ4n) is 3.80. The third kappa shape index (κ3) is 3.26. The summed E-state index contributed by atoms with van der Waals surface area (Å²) in [6.07, 6.45) is 3.43. The number of primary amides is 1. The number of carbonyl (C=O) groups excluding carboxylic acids is 2. The topological polar surface area (TPSA) is 92.7 Å². The summed E-state index contributed by atoms with van der Waals surface area (Å²) in [6, 6.07) is 9.66. The van der Waals surface area contributed by atoms with Crippen LogP contribution in [0.15, 0.2) is 41.9 Å². The van der Waals surface area contributed by atoms with E-state index in [4.69, 9.17) is 5.73 Å². The molecule has 9 heteroatoms. The van der Waals surface area contributed by atoms with E-state index in [0.29, 0.717) is 4.88 Å². The van der Waals surface area contributed by atoms with Crippen molar-refractivity contribution in [3.8, 4) is 0 Å². The number of thiophene rings is 1. The van der Waals surface area contributed by atoms with Crippen LogP contribution in [0.3, 0.4) is 0 Å². The number of imidazole rings is 1. The van der Waals surface area contributed by atoms with Gasteiger partial charge >= 0.3 is 0 Å². The average Bonchev–Trinajstić information content (AvgIpc) is 3.41. The van der Waals surface area contributed by atoms with Crippen molar-refractivity contribution in [2.24, 2.45) is 11.7 Å². The van der Waals surface area contributed by atoms with Crippen LogP contribution in [-0.4, -0.2) is 34.3 Å². The Labute approximate surface area is 174 Å². The van der Waals surface area contributed by atoms with E-state index >= 15 is 0 Å². The second-order valence-corrected chi connectivity index (χ2v) is 9.01. The summed E-state index contributed by atoms with van der Waals surface area (Å²) in [4.78, 5) is 33.5. The third-order valence-corrected chi connectivity index (χ3v) is 7.13. The lowest BCUT2D eigenvalue weighted by atomic mass is 9.96. The molecular formula is C20H19N5O2S2. The van der Waals surface area contributed by atoms with Crippen molar-refractivity contribution in [3.63, 3.8) is 0 Å². The predicted molar refractivity (Wildman–Crippen MR) is 117 cm³/mol. The summed E-state index contributed by atoms with van der Waals surface area (Å²) in [6.45, 7) is 1.48. The molecule has 7 nitrogen and oxygen atoms in total. The molecule has 0 aliphatic carbocycles. The van der Waals surface area contributed by atoms with Crippen LogP contribution >= 0.6 is 22.7 Å². The Balaban J connectivity index is 1.37. The van der Waals surface area contributed by atoms with Crippen LogP contribution in [0.5, 0.6) is 0 Å². The highest BCUT2D eigenvalue weighted by atomic mass is 32.1. The van der Waals surface area contributed by atoms with Gasteiger partial charge in [0.2, 0.25) is 5.91 Å². The maximum Gasteiger partial charge on any atom is 0.265 e. The number of piperidine rings is 1. The summed E-state index contributed by atoms with van der Waals surface area (Å²) < 4.78 is 2.00. The van der Waals surface area contributed by atoms with Crippen molar-refractivity contribution in [2.75, 3.05) is 23.3 Å². The maximum absolute atomic E-state index is 12.9. The Hall–Kier alpha value is -2.91. The minimum absolute atomic E-state index is 0.0650. The Morgan fingerprint density at radius 3 is 2.79 bits per heavy atom. The molecule has 148 valence electrons. The molecule has 1 aromatic carbocycles. The molecule has 29 heavy (non-hydrogen) atoms. The number of carbonyl (C=O) groups is 2. The minimum Gasteiger partial charge on any atom is -0.370 e. The molecule has 0 radical (unpaired) electrons. The molecule has 1 saturated heterocycles. The first-order valence-electron chi connectivity index (χ1n) is 9.40. The van der Waals surface area contributed by atoms with Gasteiger partial charge in [-0.05, 0) is 31.0 Å². The van der Waals surface area contributed by atoms with Crippen molar-refractivity contribution in [3.05, 3.63) is 46.8 Å². The average molecular weight is 426 g/mol. The number of fused-ring (bicyclic) bond motifs is 3. The number of hydrogen-bond donors (Lipinski definition) is 2. The number of nitrogens with two attached hydrogens (primary N) is 1. The first kappa shape index (κ1) is 18.1. The Morgan fingerprint density at radius 2 is 2.00 bits per heavy atom. The van der Waals surface area contributed by atoms with E-state index in [1.165, 1.54) is 11.3 Å². The molecule has 4 aromatic rings. The van der Waals surface area contributed by atoms with Gasteiger partial charge in [-0.3, -0.25) is 14.0 Å². The van der Waals surface area contributed by atoms with Gasteiger partial charge in [-0.25, -0.2) is 4.98 Å². The van der Waals surface area contributed by atoms with E-state index in [-0.39, 0.29) is 17.7 Å². The maximum atomic E-state index is 12.9. The molecule has 2 amide bonds. The monoisotopic (exact) mass is 425 g/mol. The van der Waals surface area contributed by atoms with Gasteiger partial charge in [-0.2, -0.15) is 0 Å². The number of thiazole rings is 1. The van der Waals surface area contributed by atoms with Gasteiger partial charge in [0.1, 0.15) is 4.83 Å². The van der Waals surface area contributed by atoms with Crippen molar-refractivity contribution in [2.45, 2.75) is 12.8 Å². The van der Waals surface area contributed by atoms with Crippen molar-refractivity contribution in [1.29, 1.82) is 0 Å². The van der Waals surface area contributed by atoms with Gasteiger partial charge < -0.3 is 16.0 Å². The number of aromatic nitrogens is 2. The number of para-hydroxylation sites is 2. The Morgan fingerprint density at radius 1 is 1.21 bits per heavy atom. The number of anilines is 2. The molecular weight excluding hydrogens is 406 g/mol. The van der Waals surface area contributed by atoms with E-state index in [0.717, 1.165) is 52.6 Å². The van der Waals surface area contributed by atoms with Crippen LogP contribution in [0.25, 0.3) is 15.3 Å². The molecule has 1 aliphatic rings. The first-order valence-corrected chi connectivity index (χ1v) is 11.1. The molecule has 0 atom stereocenters. The van der Waals surface area contributed by atoms with Crippen LogP contribution in [0.1, 0.15) is 22.5 Å². The van der Waals surface area contributed by atoms with Gasteiger partial charge in [0.05, 0.1) is 21.8 Å². The molecule has 1 aliphatic heterocycles. The van der Waals surface area contributed by atoms with E-state index < -0.39 is 0 Å². The molecule has 1 fully saturated rings. The number of amides is 2. The highest BCUT2D eigenvalue weighted by molar-refractivity contribution is 7.21. The summed E-state index contributed by atoms with van der Waals surface area (Å²) >= 11 is 2.98. The lowest BCUT2D eigenvalue weighted by molar-refractivity contribution is -0.122. The third-order valence-electron chi connectivity index (χ3n) is 5.35. The fourth-order valence-corrected chi connectivity index (χ4v) is 5.50. The highest BCUT2D eigenvalue weighted by Gasteiger charge is 2.25. The number of nitrogens with zero attached hydrogens (tertiary/aromatic N) is 3. The zero-order valence-corrected chi connectivity index (χ0v) is 17.1. The van der Waals surface area contributed by atoms with Crippen molar-refractivity contribution >= 4 is 61.2 Å². The van der Waals surface area contributed by atoms with Gasteiger partial charge in [-0.1, -0.05) is 12.1 Å². The number of benzene rings is 1. The van der Waals surface area contributed by atoms with Gasteiger partial charge in [0.25, 0.3) is 5.91 Å². The zero-order valence-electron chi connectivity index (χ0n) is 15.5.